The van der Waals surface area contributed by atoms with Crippen molar-refractivity contribution >= 4 is 12.0 Å². The Balaban J connectivity index is 3.49. The molecule has 0 unspecified atom stereocenters. The minimum absolute atomic E-state index is 0.273. The van der Waals surface area contributed by atoms with Crippen LogP contribution < -0.4 is 17.2 Å². The maximum atomic E-state index is 10.2. The number of rotatable bonds is 3. The quantitative estimate of drug-likeness (QED) is 0.423. The van der Waals surface area contributed by atoms with E-state index in [2.05, 4.69) is 10.5 Å². The monoisotopic (exact) mass is 147 g/mol. The number of hydrogen-bond donors (Lipinski definition) is 3. The lowest BCUT2D eigenvalue weighted by molar-refractivity contribution is -0.119. The minimum atomic E-state index is -0.979. The fraction of sp³-hybridized carbons (Fsp3) is 0.500. The molecule has 2 amide bonds. The van der Waals surface area contributed by atoms with Crippen molar-refractivity contribution in [2.45, 2.75) is 6.04 Å². The first kappa shape index (κ1) is 8.70. The predicted molar refractivity (Wildman–Crippen MR) is 32.7 cm³/mol. The molecule has 0 aliphatic carbocycles. The average molecular weight is 147 g/mol. The van der Waals surface area contributed by atoms with Crippen LogP contribution in [-0.4, -0.2) is 24.6 Å². The zero-order valence-corrected chi connectivity index (χ0v) is 5.24. The summed E-state index contributed by atoms with van der Waals surface area (Å²) in [7, 11) is 0. The molecule has 0 aromatic carbocycles. The molecular formula is C4H9N3O3. The van der Waals surface area contributed by atoms with Crippen molar-refractivity contribution in [1.29, 1.82) is 0 Å². The summed E-state index contributed by atoms with van der Waals surface area (Å²) in [6.07, 6.45) is -0.975. The first-order valence-electron chi connectivity index (χ1n) is 2.51. The Labute approximate surface area is 57.3 Å². The van der Waals surface area contributed by atoms with Crippen LogP contribution in [0.1, 0.15) is 0 Å². The lowest BCUT2D eigenvalue weighted by atomic mass is 10.3. The summed E-state index contributed by atoms with van der Waals surface area (Å²) in [6.45, 7) is -0.273. The molecule has 0 bridgehead atoms. The van der Waals surface area contributed by atoms with Gasteiger partial charge in [0, 0.05) is 0 Å². The molecule has 0 aliphatic rings. The fourth-order valence-electron chi connectivity index (χ4n) is 0.254. The number of ether oxygens (including phenoxy) is 1. The average Bonchev–Trinajstić information content (AvgIpc) is 1.82. The fourth-order valence-corrected chi connectivity index (χ4v) is 0.254. The summed E-state index contributed by atoms with van der Waals surface area (Å²) in [4.78, 5) is 20.1. The lowest BCUT2D eigenvalue weighted by Crippen LogP contribution is -2.41. The Bertz CT molecular complexity index is 147. The van der Waals surface area contributed by atoms with Gasteiger partial charge < -0.3 is 21.9 Å². The molecular weight excluding hydrogens is 138 g/mol. The van der Waals surface area contributed by atoms with Crippen molar-refractivity contribution in [3.05, 3.63) is 0 Å². The summed E-state index contributed by atoms with van der Waals surface area (Å²) in [5.41, 5.74) is 14.4. The van der Waals surface area contributed by atoms with E-state index in [4.69, 9.17) is 11.5 Å². The van der Waals surface area contributed by atoms with Gasteiger partial charge in [-0.2, -0.15) is 0 Å². The molecule has 0 aromatic rings. The summed E-state index contributed by atoms with van der Waals surface area (Å²) in [6, 6.07) is -0.979. The molecule has 0 rings (SSSR count). The van der Waals surface area contributed by atoms with E-state index >= 15 is 0 Å². The Morgan fingerprint density at radius 1 is 1.40 bits per heavy atom. The molecule has 6 nitrogen and oxygen atoms in total. The number of primary amides is 2. The van der Waals surface area contributed by atoms with Gasteiger partial charge in [-0.05, 0) is 0 Å². The van der Waals surface area contributed by atoms with E-state index in [9.17, 15) is 9.59 Å². The van der Waals surface area contributed by atoms with Gasteiger partial charge in [-0.15, -0.1) is 0 Å². The molecule has 0 spiro atoms. The lowest BCUT2D eigenvalue weighted by Gasteiger charge is -2.05. The molecule has 1 atom stereocenters. The maximum absolute atomic E-state index is 10.2. The largest absolute Gasteiger partial charge is 0.447 e. The number of nitrogens with two attached hydrogens (primary N) is 3. The van der Waals surface area contributed by atoms with Gasteiger partial charge in [0.1, 0.15) is 12.6 Å². The maximum Gasteiger partial charge on any atom is 0.404 e. The van der Waals surface area contributed by atoms with Gasteiger partial charge in [-0.1, -0.05) is 0 Å². The van der Waals surface area contributed by atoms with Crippen LogP contribution in [0.2, 0.25) is 0 Å². The third-order valence-corrected chi connectivity index (χ3v) is 0.771. The van der Waals surface area contributed by atoms with Gasteiger partial charge in [-0.3, -0.25) is 4.79 Å². The SMILES string of the molecule is NC(=O)OC[C@H](N)C(N)=O. The molecule has 6 heteroatoms. The van der Waals surface area contributed by atoms with Crippen LogP contribution in [0.25, 0.3) is 0 Å². The molecule has 58 valence electrons. The molecule has 0 saturated heterocycles. The Kier molecular flexibility index (Phi) is 3.20. The molecule has 0 radical (unpaired) electrons. The summed E-state index contributed by atoms with van der Waals surface area (Å²) < 4.78 is 4.18. The smallest absolute Gasteiger partial charge is 0.404 e. The third kappa shape index (κ3) is 3.67. The van der Waals surface area contributed by atoms with Crippen molar-refractivity contribution in [1.82, 2.24) is 0 Å². The highest BCUT2D eigenvalue weighted by molar-refractivity contribution is 5.80. The van der Waals surface area contributed by atoms with Crippen LogP contribution in [0.15, 0.2) is 0 Å². The first-order chi connectivity index (χ1) is 4.54. The van der Waals surface area contributed by atoms with E-state index in [1.165, 1.54) is 0 Å². The standard InChI is InChI=1S/C4H9N3O3/c5-2(3(6)8)1-10-4(7)9/h2H,1,5H2,(H2,6,8)(H2,7,9)/t2-/m0/s1. The summed E-state index contributed by atoms with van der Waals surface area (Å²) in [5, 5.41) is 0. The highest BCUT2D eigenvalue weighted by Crippen LogP contribution is 1.79. The van der Waals surface area contributed by atoms with Crippen molar-refractivity contribution in [3.8, 4) is 0 Å². The minimum Gasteiger partial charge on any atom is -0.447 e. The van der Waals surface area contributed by atoms with Crippen molar-refractivity contribution < 1.29 is 14.3 Å². The van der Waals surface area contributed by atoms with Crippen LogP contribution in [0.3, 0.4) is 0 Å². The van der Waals surface area contributed by atoms with Crippen LogP contribution in [-0.2, 0) is 9.53 Å². The molecule has 6 N–H and O–H groups in total. The highest BCUT2D eigenvalue weighted by atomic mass is 16.5. The number of hydrogen-bond acceptors (Lipinski definition) is 4. The molecule has 0 saturated carbocycles. The van der Waals surface area contributed by atoms with E-state index in [1.54, 1.807) is 0 Å². The van der Waals surface area contributed by atoms with E-state index in [-0.39, 0.29) is 6.61 Å². The van der Waals surface area contributed by atoms with Gasteiger partial charge in [-0.25, -0.2) is 4.79 Å². The number of amides is 2. The molecule has 0 aromatic heterocycles. The van der Waals surface area contributed by atoms with E-state index in [1.807, 2.05) is 0 Å². The second kappa shape index (κ2) is 3.67. The number of carbonyl (C=O) groups is 2. The van der Waals surface area contributed by atoms with E-state index in [0.717, 1.165) is 0 Å². The summed E-state index contributed by atoms with van der Waals surface area (Å²) in [5.74, 6) is -0.735. The molecule has 0 fully saturated rings. The zero-order chi connectivity index (χ0) is 8.15. The zero-order valence-electron chi connectivity index (χ0n) is 5.24. The Hall–Kier alpha value is -1.30. The second-order valence-corrected chi connectivity index (χ2v) is 1.64. The molecule has 0 aliphatic heterocycles. The van der Waals surface area contributed by atoms with E-state index in [0.29, 0.717) is 0 Å². The van der Waals surface area contributed by atoms with Crippen LogP contribution in [0.4, 0.5) is 4.79 Å². The van der Waals surface area contributed by atoms with E-state index < -0.39 is 18.0 Å². The molecule has 10 heavy (non-hydrogen) atoms. The Morgan fingerprint density at radius 3 is 2.20 bits per heavy atom. The van der Waals surface area contributed by atoms with Gasteiger partial charge in [0.05, 0.1) is 0 Å². The number of carbonyl (C=O) groups excluding carboxylic acids is 2. The first-order valence-corrected chi connectivity index (χ1v) is 2.51. The van der Waals surface area contributed by atoms with Crippen molar-refractivity contribution in [3.63, 3.8) is 0 Å². The van der Waals surface area contributed by atoms with Crippen LogP contribution in [0.5, 0.6) is 0 Å². The Morgan fingerprint density at radius 2 is 1.90 bits per heavy atom. The highest BCUT2D eigenvalue weighted by Gasteiger charge is 2.09. The second-order valence-electron chi connectivity index (χ2n) is 1.64. The van der Waals surface area contributed by atoms with Crippen molar-refractivity contribution in [2.75, 3.05) is 6.61 Å². The van der Waals surface area contributed by atoms with Gasteiger partial charge >= 0.3 is 6.09 Å². The third-order valence-electron chi connectivity index (χ3n) is 0.771. The van der Waals surface area contributed by atoms with Gasteiger partial charge in [0.2, 0.25) is 5.91 Å². The predicted octanol–water partition coefficient (Wildman–Crippen LogP) is -2.11. The normalized spacial score (nSPS) is 12.1. The van der Waals surface area contributed by atoms with Gasteiger partial charge in [0.25, 0.3) is 0 Å². The van der Waals surface area contributed by atoms with Crippen LogP contribution >= 0.6 is 0 Å². The topological polar surface area (TPSA) is 121 Å². The molecule has 0 heterocycles. The van der Waals surface area contributed by atoms with Crippen molar-refractivity contribution in [2.24, 2.45) is 17.2 Å². The van der Waals surface area contributed by atoms with Crippen LogP contribution in [0, 0.1) is 0 Å². The summed E-state index contributed by atoms with van der Waals surface area (Å²) >= 11 is 0. The van der Waals surface area contributed by atoms with Gasteiger partial charge in [0.15, 0.2) is 0 Å².